The van der Waals surface area contributed by atoms with Crippen LogP contribution in [-0.2, 0) is 4.79 Å². The van der Waals surface area contributed by atoms with E-state index in [1.54, 1.807) is 11.9 Å². The number of hydrogen-bond donors (Lipinski definition) is 2. The quantitative estimate of drug-likeness (QED) is 0.812. The Balaban J connectivity index is 2.17. The van der Waals surface area contributed by atoms with Gasteiger partial charge in [0.15, 0.2) is 0 Å². The van der Waals surface area contributed by atoms with Crippen LogP contribution in [0.3, 0.4) is 0 Å². The predicted molar refractivity (Wildman–Crippen MR) is 75.9 cm³/mol. The van der Waals surface area contributed by atoms with Crippen LogP contribution < -0.4 is 15.8 Å². The van der Waals surface area contributed by atoms with Gasteiger partial charge in [-0.3, -0.25) is 9.59 Å². The lowest BCUT2D eigenvalue weighted by atomic mass is 10.1. The zero-order valence-electron chi connectivity index (χ0n) is 11.3. The lowest BCUT2D eigenvalue weighted by Crippen LogP contribution is -2.36. The molecule has 2 rings (SSSR count). The molecule has 6 nitrogen and oxygen atoms in total. The highest BCUT2D eigenvalue weighted by Gasteiger charge is 2.28. The van der Waals surface area contributed by atoms with Crippen molar-refractivity contribution in [1.29, 1.82) is 0 Å². The molecule has 2 amide bonds. The van der Waals surface area contributed by atoms with Gasteiger partial charge in [0.25, 0.3) is 5.91 Å². The smallest absolute Gasteiger partial charge is 0.255 e. The van der Waals surface area contributed by atoms with Gasteiger partial charge in [0.2, 0.25) is 5.91 Å². The van der Waals surface area contributed by atoms with Crippen LogP contribution in [0, 0.1) is 0 Å². The minimum atomic E-state index is -0.336. The van der Waals surface area contributed by atoms with E-state index in [0.717, 1.165) is 0 Å². The Morgan fingerprint density at radius 3 is 2.80 bits per heavy atom. The van der Waals surface area contributed by atoms with E-state index < -0.39 is 0 Å². The molecule has 1 atom stereocenters. The Bertz CT molecular complexity index is 562. The maximum atomic E-state index is 12.2. The summed E-state index contributed by atoms with van der Waals surface area (Å²) in [4.78, 5) is 25.3. The first-order valence-electron chi connectivity index (χ1n) is 6.10. The molecule has 1 fully saturated rings. The number of nitrogens with one attached hydrogen (secondary N) is 1. The summed E-state index contributed by atoms with van der Waals surface area (Å²) in [6.07, 6.45) is 0.299. The fourth-order valence-electron chi connectivity index (χ4n) is 2.14. The van der Waals surface area contributed by atoms with Gasteiger partial charge in [0, 0.05) is 26.1 Å². The van der Waals surface area contributed by atoms with Gasteiger partial charge in [-0.2, -0.15) is 0 Å². The molecule has 3 N–H and O–H groups in total. The van der Waals surface area contributed by atoms with E-state index in [1.165, 1.54) is 19.2 Å². The maximum absolute atomic E-state index is 12.2. The van der Waals surface area contributed by atoms with Gasteiger partial charge >= 0.3 is 0 Å². The van der Waals surface area contributed by atoms with Gasteiger partial charge in [-0.25, -0.2) is 0 Å². The molecule has 108 valence electrons. The average Bonchev–Trinajstić information content (AvgIpc) is 2.70. The summed E-state index contributed by atoms with van der Waals surface area (Å²) in [6.45, 7) is 0.496. The van der Waals surface area contributed by atoms with Crippen LogP contribution in [0.2, 0.25) is 5.02 Å². The summed E-state index contributed by atoms with van der Waals surface area (Å²) in [7, 11) is 3.15. The number of rotatable bonds is 3. The van der Waals surface area contributed by atoms with Crippen molar-refractivity contribution in [2.24, 2.45) is 0 Å². The molecule has 0 aromatic heterocycles. The molecule has 0 spiro atoms. The van der Waals surface area contributed by atoms with Crippen LogP contribution in [0.25, 0.3) is 0 Å². The van der Waals surface area contributed by atoms with Crippen LogP contribution in [-0.4, -0.2) is 43.5 Å². The number of likely N-dealkylation sites (N-methyl/N-ethyl adjacent to an activating group) is 1. The summed E-state index contributed by atoms with van der Waals surface area (Å²) in [5.74, 6) is 0.0246. The van der Waals surface area contributed by atoms with Crippen LogP contribution in [0.15, 0.2) is 12.1 Å². The number of methoxy groups -OCH3 is 1. The number of carbonyl (C=O) groups is 2. The van der Waals surface area contributed by atoms with E-state index >= 15 is 0 Å². The Labute approximate surface area is 121 Å². The Hall–Kier alpha value is -1.95. The minimum Gasteiger partial charge on any atom is -0.496 e. The molecule has 0 radical (unpaired) electrons. The van der Waals surface area contributed by atoms with E-state index in [0.29, 0.717) is 30.0 Å². The van der Waals surface area contributed by atoms with Crippen molar-refractivity contribution >= 4 is 29.1 Å². The highest BCUT2D eigenvalue weighted by Crippen LogP contribution is 2.29. The second-order valence-corrected chi connectivity index (χ2v) is 5.13. The molecule has 20 heavy (non-hydrogen) atoms. The first-order chi connectivity index (χ1) is 9.42. The number of nitrogens with zero attached hydrogens (tertiary/aromatic N) is 1. The number of nitrogens with two attached hydrogens (primary N) is 1. The topological polar surface area (TPSA) is 84.7 Å². The zero-order chi connectivity index (χ0) is 14.9. The van der Waals surface area contributed by atoms with Crippen LogP contribution >= 0.6 is 11.6 Å². The molecule has 7 heteroatoms. The third kappa shape index (κ3) is 2.80. The molecule has 1 aliphatic heterocycles. The predicted octanol–water partition coefficient (Wildman–Crippen LogP) is 0.891. The summed E-state index contributed by atoms with van der Waals surface area (Å²) in [5.41, 5.74) is 6.31. The lowest BCUT2D eigenvalue weighted by Gasteiger charge is -2.15. The molecule has 1 aromatic carbocycles. The number of halogens is 1. The van der Waals surface area contributed by atoms with E-state index in [1.807, 2.05) is 0 Å². The summed E-state index contributed by atoms with van der Waals surface area (Å²) >= 11 is 5.93. The maximum Gasteiger partial charge on any atom is 0.255 e. The number of hydrogen-bond acceptors (Lipinski definition) is 4. The molecule has 0 saturated carbocycles. The van der Waals surface area contributed by atoms with E-state index in [2.05, 4.69) is 5.32 Å². The highest BCUT2D eigenvalue weighted by atomic mass is 35.5. The Kier molecular flexibility index (Phi) is 4.04. The van der Waals surface area contributed by atoms with Gasteiger partial charge in [-0.1, -0.05) is 11.6 Å². The normalized spacial score (nSPS) is 18.2. The van der Waals surface area contributed by atoms with Gasteiger partial charge in [-0.05, 0) is 6.07 Å². The molecule has 1 heterocycles. The lowest BCUT2D eigenvalue weighted by molar-refractivity contribution is -0.126. The zero-order valence-corrected chi connectivity index (χ0v) is 12.0. The van der Waals surface area contributed by atoms with Crippen LogP contribution in [0.5, 0.6) is 5.75 Å². The number of likely N-dealkylation sites (tertiary alicyclic amines) is 1. The van der Waals surface area contributed by atoms with Gasteiger partial charge < -0.3 is 20.7 Å². The van der Waals surface area contributed by atoms with Crippen molar-refractivity contribution in [2.75, 3.05) is 26.4 Å². The SMILES string of the molecule is COc1cc(N)c(Cl)cc1C(=O)NC1CC(=O)N(C)C1. The fraction of sp³-hybridized carbons (Fsp3) is 0.385. The van der Waals surface area contributed by atoms with Crippen molar-refractivity contribution < 1.29 is 14.3 Å². The van der Waals surface area contributed by atoms with Gasteiger partial charge in [-0.15, -0.1) is 0 Å². The summed E-state index contributed by atoms with van der Waals surface area (Å²) in [6, 6.07) is 2.76. The van der Waals surface area contributed by atoms with Gasteiger partial charge in [0.1, 0.15) is 5.75 Å². The molecular weight excluding hydrogens is 282 g/mol. The monoisotopic (exact) mass is 297 g/mol. The summed E-state index contributed by atoms with van der Waals surface area (Å²) < 4.78 is 5.13. The van der Waals surface area contributed by atoms with Crippen molar-refractivity contribution in [3.8, 4) is 5.75 Å². The molecule has 1 saturated heterocycles. The third-order valence-corrected chi connectivity index (χ3v) is 3.57. The molecular formula is C13H16ClN3O3. The molecule has 1 unspecified atom stereocenters. The second-order valence-electron chi connectivity index (χ2n) is 4.72. The van der Waals surface area contributed by atoms with Crippen molar-refractivity contribution in [1.82, 2.24) is 10.2 Å². The highest BCUT2D eigenvalue weighted by molar-refractivity contribution is 6.33. The molecule has 1 aromatic rings. The van der Waals surface area contributed by atoms with E-state index in [9.17, 15) is 9.59 Å². The molecule has 1 aliphatic rings. The number of benzene rings is 1. The van der Waals surface area contributed by atoms with E-state index in [-0.39, 0.29) is 22.9 Å². The van der Waals surface area contributed by atoms with Crippen LogP contribution in [0.4, 0.5) is 5.69 Å². The van der Waals surface area contributed by atoms with Crippen molar-refractivity contribution in [3.63, 3.8) is 0 Å². The van der Waals surface area contributed by atoms with E-state index in [4.69, 9.17) is 22.1 Å². The molecule has 0 aliphatic carbocycles. The number of nitrogen functional groups attached to an aromatic ring is 1. The number of anilines is 1. The van der Waals surface area contributed by atoms with Crippen molar-refractivity contribution in [3.05, 3.63) is 22.7 Å². The largest absolute Gasteiger partial charge is 0.496 e. The first kappa shape index (κ1) is 14.5. The second kappa shape index (κ2) is 5.58. The Morgan fingerprint density at radius 1 is 1.55 bits per heavy atom. The third-order valence-electron chi connectivity index (χ3n) is 3.24. The molecule has 0 bridgehead atoms. The number of ether oxygens (including phenoxy) is 1. The number of carbonyl (C=O) groups excluding carboxylic acids is 2. The number of amides is 2. The minimum absolute atomic E-state index is 0.0117. The first-order valence-corrected chi connectivity index (χ1v) is 6.48. The average molecular weight is 298 g/mol. The van der Waals surface area contributed by atoms with Crippen LogP contribution in [0.1, 0.15) is 16.8 Å². The van der Waals surface area contributed by atoms with Crippen molar-refractivity contribution in [2.45, 2.75) is 12.5 Å². The fourth-order valence-corrected chi connectivity index (χ4v) is 2.30. The standard InChI is InChI=1S/C13H16ClN3O3/c1-17-6-7(3-12(17)18)16-13(19)8-4-9(14)10(15)5-11(8)20-2/h4-5,7H,3,6,15H2,1-2H3,(H,16,19). The van der Waals surface area contributed by atoms with Gasteiger partial charge in [0.05, 0.1) is 29.4 Å². The summed E-state index contributed by atoms with van der Waals surface area (Å²) in [5, 5.41) is 3.08. The Morgan fingerprint density at radius 2 is 2.25 bits per heavy atom.